The number of allylic oxidation sites excluding steroid dienone is 12. The standard InChI is InChI=1S/C31H47NO3/c1-2-3-4-5-6-7-8-9-10-11-12-13-14-15-16-17-18-19-21-24-29(33)32-28-31(27-30(34)35)25-22-20-23-26-31/h3-4,6-7,9-10,12-13,15-16,18-19H,2,5,8,11,14,17,20-28H2,1H3,(H,32,33)(H,34,35)/b4-3-,7-6-,10-9-,13-12-,16-15-,19-18-. The molecule has 0 bridgehead atoms. The van der Waals surface area contributed by atoms with Crippen LogP contribution in [-0.2, 0) is 9.59 Å². The van der Waals surface area contributed by atoms with Gasteiger partial charge in [0.2, 0.25) is 5.91 Å². The van der Waals surface area contributed by atoms with Crippen molar-refractivity contribution in [3.05, 3.63) is 72.9 Å². The summed E-state index contributed by atoms with van der Waals surface area (Å²) in [5.41, 5.74) is -0.256. The third kappa shape index (κ3) is 17.5. The molecule has 0 atom stereocenters. The fourth-order valence-electron chi connectivity index (χ4n) is 4.27. The monoisotopic (exact) mass is 481 g/mol. The van der Waals surface area contributed by atoms with Crippen molar-refractivity contribution >= 4 is 11.9 Å². The van der Waals surface area contributed by atoms with E-state index in [1.807, 2.05) is 6.08 Å². The summed E-state index contributed by atoms with van der Waals surface area (Å²) in [6.45, 7) is 2.64. The average Bonchev–Trinajstić information content (AvgIpc) is 2.84. The summed E-state index contributed by atoms with van der Waals surface area (Å²) < 4.78 is 0. The van der Waals surface area contributed by atoms with Gasteiger partial charge in [-0.1, -0.05) is 99.1 Å². The predicted molar refractivity (Wildman–Crippen MR) is 148 cm³/mol. The number of aliphatic carboxylic acids is 1. The molecule has 2 N–H and O–H groups in total. The molecule has 194 valence electrons. The Bertz CT molecular complexity index is 749. The van der Waals surface area contributed by atoms with E-state index in [-0.39, 0.29) is 17.7 Å². The Hall–Kier alpha value is -2.62. The van der Waals surface area contributed by atoms with Gasteiger partial charge in [0.05, 0.1) is 6.42 Å². The zero-order valence-corrected chi connectivity index (χ0v) is 21.8. The molecule has 0 heterocycles. The lowest BCUT2D eigenvalue weighted by Crippen LogP contribution is -2.40. The molecule has 1 saturated carbocycles. The molecule has 0 aromatic heterocycles. The highest BCUT2D eigenvalue weighted by Gasteiger charge is 2.34. The number of hydrogen-bond donors (Lipinski definition) is 2. The van der Waals surface area contributed by atoms with E-state index in [0.29, 0.717) is 19.4 Å². The molecular formula is C31H47NO3. The minimum atomic E-state index is -0.765. The van der Waals surface area contributed by atoms with Gasteiger partial charge in [-0.05, 0) is 63.2 Å². The van der Waals surface area contributed by atoms with Gasteiger partial charge < -0.3 is 10.4 Å². The van der Waals surface area contributed by atoms with Crippen LogP contribution in [0, 0.1) is 5.41 Å². The molecule has 1 rings (SSSR count). The van der Waals surface area contributed by atoms with Crippen LogP contribution in [0.5, 0.6) is 0 Å². The summed E-state index contributed by atoms with van der Waals surface area (Å²) in [7, 11) is 0. The average molecular weight is 482 g/mol. The summed E-state index contributed by atoms with van der Waals surface area (Å²) in [5.74, 6) is -0.751. The van der Waals surface area contributed by atoms with Gasteiger partial charge in [-0.25, -0.2) is 0 Å². The van der Waals surface area contributed by atoms with Gasteiger partial charge in [0.1, 0.15) is 0 Å². The largest absolute Gasteiger partial charge is 0.481 e. The van der Waals surface area contributed by atoms with Gasteiger partial charge in [-0.2, -0.15) is 0 Å². The number of carbonyl (C=O) groups excluding carboxylic acids is 1. The van der Waals surface area contributed by atoms with Gasteiger partial charge in [-0.3, -0.25) is 9.59 Å². The smallest absolute Gasteiger partial charge is 0.303 e. The van der Waals surface area contributed by atoms with Crippen LogP contribution in [0.1, 0.15) is 96.8 Å². The summed E-state index contributed by atoms with van der Waals surface area (Å²) in [6.07, 6.45) is 38.3. The van der Waals surface area contributed by atoms with Crippen molar-refractivity contribution in [1.29, 1.82) is 0 Å². The normalized spacial score (nSPS) is 16.6. The second kappa shape index (κ2) is 20.7. The van der Waals surface area contributed by atoms with Gasteiger partial charge >= 0.3 is 5.97 Å². The second-order valence-corrected chi connectivity index (χ2v) is 9.36. The van der Waals surface area contributed by atoms with Crippen LogP contribution in [0.4, 0.5) is 0 Å². The Labute approximate surface area is 213 Å². The van der Waals surface area contributed by atoms with Crippen molar-refractivity contribution < 1.29 is 14.7 Å². The van der Waals surface area contributed by atoms with Gasteiger partial charge in [0, 0.05) is 13.0 Å². The van der Waals surface area contributed by atoms with Crippen molar-refractivity contribution in [1.82, 2.24) is 5.32 Å². The van der Waals surface area contributed by atoms with E-state index in [0.717, 1.165) is 70.6 Å². The molecule has 0 aromatic rings. The highest BCUT2D eigenvalue weighted by molar-refractivity contribution is 5.76. The van der Waals surface area contributed by atoms with Crippen LogP contribution in [0.3, 0.4) is 0 Å². The second-order valence-electron chi connectivity index (χ2n) is 9.36. The minimum absolute atomic E-state index is 0.0138. The molecular weight excluding hydrogens is 434 g/mol. The van der Waals surface area contributed by atoms with Gasteiger partial charge in [-0.15, -0.1) is 0 Å². The lowest BCUT2D eigenvalue weighted by molar-refractivity contribution is -0.140. The zero-order valence-electron chi connectivity index (χ0n) is 21.8. The summed E-state index contributed by atoms with van der Waals surface area (Å²) in [6, 6.07) is 0. The predicted octanol–water partition coefficient (Wildman–Crippen LogP) is 8.01. The van der Waals surface area contributed by atoms with E-state index in [1.165, 1.54) is 0 Å². The van der Waals surface area contributed by atoms with E-state index < -0.39 is 5.97 Å². The molecule has 1 amide bonds. The van der Waals surface area contributed by atoms with Crippen molar-refractivity contribution in [2.75, 3.05) is 6.54 Å². The number of carboxylic acid groups (broad SMARTS) is 1. The van der Waals surface area contributed by atoms with Crippen LogP contribution in [0.2, 0.25) is 0 Å². The topological polar surface area (TPSA) is 66.4 Å². The highest BCUT2D eigenvalue weighted by atomic mass is 16.4. The molecule has 4 heteroatoms. The Morgan fingerprint density at radius 2 is 1.17 bits per heavy atom. The van der Waals surface area contributed by atoms with Gasteiger partial charge in [0.25, 0.3) is 0 Å². The lowest BCUT2D eigenvalue weighted by atomic mass is 9.71. The molecule has 0 unspecified atom stereocenters. The Morgan fingerprint density at radius 1 is 0.714 bits per heavy atom. The van der Waals surface area contributed by atoms with E-state index in [2.05, 4.69) is 79.1 Å². The van der Waals surface area contributed by atoms with Crippen molar-refractivity contribution in [3.63, 3.8) is 0 Å². The lowest BCUT2D eigenvalue weighted by Gasteiger charge is -2.36. The van der Waals surface area contributed by atoms with Crippen molar-refractivity contribution in [2.45, 2.75) is 96.8 Å². The van der Waals surface area contributed by atoms with E-state index in [4.69, 9.17) is 0 Å². The first-order valence-corrected chi connectivity index (χ1v) is 13.5. The first-order chi connectivity index (χ1) is 17.1. The molecule has 4 nitrogen and oxygen atoms in total. The first-order valence-electron chi connectivity index (χ1n) is 13.5. The van der Waals surface area contributed by atoms with E-state index in [1.54, 1.807) is 0 Å². The Kier molecular flexibility index (Phi) is 18.0. The summed E-state index contributed by atoms with van der Waals surface area (Å²) >= 11 is 0. The maximum Gasteiger partial charge on any atom is 0.303 e. The summed E-state index contributed by atoms with van der Waals surface area (Å²) in [4.78, 5) is 23.4. The van der Waals surface area contributed by atoms with Crippen molar-refractivity contribution in [2.24, 2.45) is 5.41 Å². The van der Waals surface area contributed by atoms with E-state index in [9.17, 15) is 14.7 Å². The molecule has 0 saturated heterocycles. The number of carboxylic acids is 1. The quantitative estimate of drug-likeness (QED) is 0.195. The van der Waals surface area contributed by atoms with Crippen LogP contribution < -0.4 is 5.32 Å². The zero-order chi connectivity index (χ0) is 25.5. The molecule has 1 fully saturated rings. The third-order valence-electron chi connectivity index (χ3n) is 6.24. The third-order valence-corrected chi connectivity index (χ3v) is 6.24. The minimum Gasteiger partial charge on any atom is -0.481 e. The summed E-state index contributed by atoms with van der Waals surface area (Å²) in [5, 5.41) is 12.2. The van der Waals surface area contributed by atoms with Crippen molar-refractivity contribution in [3.8, 4) is 0 Å². The molecule has 0 radical (unpaired) electrons. The fourth-order valence-corrected chi connectivity index (χ4v) is 4.27. The molecule has 0 aromatic carbocycles. The fraction of sp³-hybridized carbons (Fsp3) is 0.548. The molecule has 0 spiro atoms. The van der Waals surface area contributed by atoms with Gasteiger partial charge in [0.15, 0.2) is 0 Å². The first kappa shape index (κ1) is 30.4. The Balaban J connectivity index is 2.07. The van der Waals surface area contributed by atoms with Crippen LogP contribution in [-0.4, -0.2) is 23.5 Å². The highest BCUT2D eigenvalue weighted by Crippen LogP contribution is 2.38. The Morgan fingerprint density at radius 3 is 1.63 bits per heavy atom. The van der Waals surface area contributed by atoms with Crippen LogP contribution >= 0.6 is 0 Å². The van der Waals surface area contributed by atoms with Crippen LogP contribution in [0.15, 0.2) is 72.9 Å². The number of nitrogens with one attached hydrogen (secondary N) is 1. The number of amides is 1. The maximum atomic E-state index is 12.2. The number of hydrogen-bond acceptors (Lipinski definition) is 2. The molecule has 1 aliphatic carbocycles. The van der Waals surface area contributed by atoms with Crippen LogP contribution in [0.25, 0.3) is 0 Å². The molecule has 35 heavy (non-hydrogen) atoms. The SMILES string of the molecule is CC/C=C\C/C=C\C/C=C\C/C=C\C/C=C\C/C=C\CCC(=O)NCC1(CC(=O)O)CCCCC1. The molecule has 0 aliphatic heterocycles. The van der Waals surface area contributed by atoms with E-state index >= 15 is 0 Å². The number of carbonyl (C=O) groups is 2. The molecule has 1 aliphatic rings. The number of rotatable bonds is 18. The maximum absolute atomic E-state index is 12.2.